The van der Waals surface area contributed by atoms with Gasteiger partial charge in [-0.3, -0.25) is 4.79 Å². The van der Waals surface area contributed by atoms with Crippen LogP contribution in [0.25, 0.3) is 0 Å². The van der Waals surface area contributed by atoms with Crippen LogP contribution in [0.2, 0.25) is 0 Å². The number of likely N-dealkylation sites (tertiary alicyclic amines) is 1. The van der Waals surface area contributed by atoms with Crippen molar-refractivity contribution in [2.45, 2.75) is 25.2 Å². The van der Waals surface area contributed by atoms with Gasteiger partial charge >= 0.3 is 5.97 Å². The van der Waals surface area contributed by atoms with Gasteiger partial charge in [-0.15, -0.1) is 0 Å². The summed E-state index contributed by atoms with van der Waals surface area (Å²) < 4.78 is 6.03. The number of esters is 1. The molecule has 1 aliphatic heterocycles. The fourth-order valence-corrected chi connectivity index (χ4v) is 3.10. The molecule has 1 aromatic carbocycles. The van der Waals surface area contributed by atoms with E-state index < -0.39 is 0 Å². The molecule has 4 heteroatoms. The van der Waals surface area contributed by atoms with Crippen LogP contribution in [0, 0.1) is 5.92 Å². The molecule has 2 rings (SSSR count). The molecule has 1 saturated heterocycles. The molecular formula is C16H22BrNO2. The Bertz CT molecular complexity index is 438. The summed E-state index contributed by atoms with van der Waals surface area (Å²) in [7, 11) is 3.63. The van der Waals surface area contributed by atoms with Crippen molar-refractivity contribution >= 4 is 21.9 Å². The van der Waals surface area contributed by atoms with Gasteiger partial charge in [0.25, 0.3) is 0 Å². The minimum atomic E-state index is -0.137. The van der Waals surface area contributed by atoms with Crippen LogP contribution in [0.4, 0.5) is 0 Å². The third kappa shape index (κ3) is 4.06. The summed E-state index contributed by atoms with van der Waals surface area (Å²) in [5.74, 6) is 0.353. The number of methoxy groups -OCH3 is 1. The van der Waals surface area contributed by atoms with Gasteiger partial charge in [0.05, 0.1) is 13.0 Å². The van der Waals surface area contributed by atoms with E-state index in [0.717, 1.165) is 29.5 Å². The number of nitrogens with zero attached hydrogens (tertiary/aromatic N) is 1. The van der Waals surface area contributed by atoms with Crippen LogP contribution in [-0.4, -0.2) is 38.1 Å². The summed E-state index contributed by atoms with van der Waals surface area (Å²) >= 11 is 3.43. The fraction of sp³-hybridized carbons (Fsp3) is 0.562. The van der Waals surface area contributed by atoms with Crippen molar-refractivity contribution in [3.05, 3.63) is 34.3 Å². The SMILES string of the molecule is COC(=O)C(CC1CCN(C)CC1)c1ccc(Br)cc1. The molecule has 1 unspecified atom stereocenters. The first-order valence-electron chi connectivity index (χ1n) is 7.12. The largest absolute Gasteiger partial charge is 0.469 e. The van der Waals surface area contributed by atoms with Crippen molar-refractivity contribution < 1.29 is 9.53 Å². The average Bonchev–Trinajstić information content (AvgIpc) is 2.47. The predicted octanol–water partition coefficient (Wildman–Crippen LogP) is 3.44. The summed E-state index contributed by atoms with van der Waals surface area (Å²) in [6.07, 6.45) is 3.23. The zero-order chi connectivity index (χ0) is 14.5. The second-order valence-corrected chi connectivity index (χ2v) is 6.53. The molecule has 1 aromatic rings. The Hall–Kier alpha value is -0.870. The van der Waals surface area contributed by atoms with Crippen molar-refractivity contribution in [3.8, 4) is 0 Å². The lowest BCUT2D eigenvalue weighted by Crippen LogP contribution is -2.31. The third-order valence-electron chi connectivity index (χ3n) is 4.17. The number of rotatable bonds is 4. The fourth-order valence-electron chi connectivity index (χ4n) is 2.84. The van der Waals surface area contributed by atoms with E-state index in [2.05, 4.69) is 27.9 Å². The number of piperidine rings is 1. The molecule has 0 aliphatic carbocycles. The van der Waals surface area contributed by atoms with Gasteiger partial charge in [-0.2, -0.15) is 0 Å². The highest BCUT2D eigenvalue weighted by Gasteiger charge is 2.27. The van der Waals surface area contributed by atoms with Gasteiger partial charge in [-0.05, 0) is 63.0 Å². The molecular weight excluding hydrogens is 318 g/mol. The van der Waals surface area contributed by atoms with Crippen LogP contribution < -0.4 is 0 Å². The molecule has 0 amide bonds. The van der Waals surface area contributed by atoms with E-state index in [9.17, 15) is 4.79 Å². The summed E-state index contributed by atoms with van der Waals surface area (Å²) in [6, 6.07) is 8.00. The van der Waals surface area contributed by atoms with Gasteiger partial charge < -0.3 is 9.64 Å². The summed E-state index contributed by atoms with van der Waals surface area (Å²) in [4.78, 5) is 14.4. The second-order valence-electron chi connectivity index (χ2n) is 5.61. The highest BCUT2D eigenvalue weighted by Crippen LogP contribution is 2.31. The highest BCUT2D eigenvalue weighted by molar-refractivity contribution is 9.10. The monoisotopic (exact) mass is 339 g/mol. The van der Waals surface area contributed by atoms with Gasteiger partial charge in [0.15, 0.2) is 0 Å². The molecule has 1 atom stereocenters. The quantitative estimate of drug-likeness (QED) is 0.787. The zero-order valence-corrected chi connectivity index (χ0v) is 13.7. The molecule has 3 nitrogen and oxygen atoms in total. The Morgan fingerprint density at radius 3 is 2.50 bits per heavy atom. The van der Waals surface area contributed by atoms with Crippen LogP contribution in [0.15, 0.2) is 28.7 Å². The normalized spacial score (nSPS) is 18.8. The second kappa shape index (κ2) is 7.23. The number of hydrogen-bond acceptors (Lipinski definition) is 3. The van der Waals surface area contributed by atoms with E-state index in [1.54, 1.807) is 0 Å². The standard InChI is InChI=1S/C16H22BrNO2/c1-18-9-7-12(8-10-18)11-15(16(19)20-2)13-3-5-14(17)6-4-13/h3-6,12,15H,7-11H2,1-2H3. The van der Waals surface area contributed by atoms with E-state index in [1.807, 2.05) is 24.3 Å². The van der Waals surface area contributed by atoms with Crippen LogP contribution in [0.5, 0.6) is 0 Å². The number of halogens is 1. The topological polar surface area (TPSA) is 29.5 Å². The van der Waals surface area contributed by atoms with Gasteiger partial charge in [0, 0.05) is 4.47 Å². The van der Waals surface area contributed by atoms with E-state index >= 15 is 0 Å². The van der Waals surface area contributed by atoms with Gasteiger partial charge in [-0.1, -0.05) is 28.1 Å². The van der Waals surface area contributed by atoms with Crippen LogP contribution in [0.3, 0.4) is 0 Å². The maximum Gasteiger partial charge on any atom is 0.313 e. The molecule has 0 aromatic heterocycles. The number of carbonyl (C=O) groups excluding carboxylic acids is 1. The lowest BCUT2D eigenvalue weighted by molar-refractivity contribution is -0.143. The Morgan fingerprint density at radius 2 is 1.95 bits per heavy atom. The Labute approximate surface area is 129 Å². The van der Waals surface area contributed by atoms with E-state index in [1.165, 1.54) is 20.0 Å². The first-order chi connectivity index (χ1) is 9.60. The molecule has 1 fully saturated rings. The number of benzene rings is 1. The lowest BCUT2D eigenvalue weighted by Gasteiger charge is -2.30. The lowest BCUT2D eigenvalue weighted by atomic mass is 9.84. The minimum Gasteiger partial charge on any atom is -0.469 e. The molecule has 1 heterocycles. The average molecular weight is 340 g/mol. The summed E-state index contributed by atoms with van der Waals surface area (Å²) in [5.41, 5.74) is 1.05. The maximum atomic E-state index is 12.1. The molecule has 0 radical (unpaired) electrons. The van der Waals surface area contributed by atoms with Crippen molar-refractivity contribution in [1.29, 1.82) is 0 Å². The van der Waals surface area contributed by atoms with E-state index in [0.29, 0.717) is 5.92 Å². The highest BCUT2D eigenvalue weighted by atomic mass is 79.9. The minimum absolute atomic E-state index is 0.119. The number of ether oxygens (including phenoxy) is 1. The van der Waals surface area contributed by atoms with Crippen LogP contribution in [0.1, 0.15) is 30.7 Å². The summed E-state index contributed by atoms with van der Waals surface area (Å²) in [5, 5.41) is 0. The van der Waals surface area contributed by atoms with Gasteiger partial charge in [-0.25, -0.2) is 0 Å². The first-order valence-corrected chi connectivity index (χ1v) is 7.91. The maximum absolute atomic E-state index is 12.1. The summed E-state index contributed by atoms with van der Waals surface area (Å²) in [6.45, 7) is 2.25. The first kappa shape index (κ1) is 15.5. The predicted molar refractivity (Wildman–Crippen MR) is 83.7 cm³/mol. The third-order valence-corrected chi connectivity index (χ3v) is 4.69. The Kier molecular flexibility index (Phi) is 5.61. The van der Waals surface area contributed by atoms with Crippen molar-refractivity contribution in [2.24, 2.45) is 5.92 Å². The Balaban J connectivity index is 2.08. The number of carbonyl (C=O) groups is 1. The van der Waals surface area contributed by atoms with Crippen molar-refractivity contribution in [1.82, 2.24) is 4.90 Å². The van der Waals surface area contributed by atoms with Crippen molar-refractivity contribution in [3.63, 3.8) is 0 Å². The van der Waals surface area contributed by atoms with E-state index in [4.69, 9.17) is 4.74 Å². The smallest absolute Gasteiger partial charge is 0.313 e. The van der Waals surface area contributed by atoms with Crippen LogP contribution >= 0.6 is 15.9 Å². The van der Waals surface area contributed by atoms with Crippen molar-refractivity contribution in [2.75, 3.05) is 27.2 Å². The molecule has 0 bridgehead atoms. The van der Waals surface area contributed by atoms with Crippen LogP contribution in [-0.2, 0) is 9.53 Å². The van der Waals surface area contributed by atoms with E-state index in [-0.39, 0.29) is 11.9 Å². The van der Waals surface area contributed by atoms with Gasteiger partial charge in [0.1, 0.15) is 0 Å². The molecule has 0 N–H and O–H groups in total. The molecule has 110 valence electrons. The molecule has 0 spiro atoms. The number of hydrogen-bond donors (Lipinski definition) is 0. The van der Waals surface area contributed by atoms with Gasteiger partial charge in [0.2, 0.25) is 0 Å². The zero-order valence-electron chi connectivity index (χ0n) is 12.1. The molecule has 0 saturated carbocycles. The molecule has 1 aliphatic rings. The molecule has 20 heavy (non-hydrogen) atoms. The Morgan fingerprint density at radius 1 is 1.35 bits per heavy atom.